The third kappa shape index (κ3) is 5.55. The molecule has 1 amide bonds. The molecule has 2 atom stereocenters. The van der Waals surface area contributed by atoms with E-state index in [9.17, 15) is 9.59 Å². The average molecular weight is 421 g/mol. The molecule has 2 N–H and O–H groups in total. The van der Waals surface area contributed by atoms with Crippen LogP contribution in [0.15, 0.2) is 28.8 Å². The number of nitrogens with one attached hydrogen (secondary N) is 1. The van der Waals surface area contributed by atoms with Gasteiger partial charge in [-0.1, -0.05) is 30.6 Å². The lowest BCUT2D eigenvalue weighted by Crippen LogP contribution is -2.38. The van der Waals surface area contributed by atoms with Crippen LogP contribution in [0.1, 0.15) is 45.0 Å². The molecule has 8 nitrogen and oxygen atoms in total. The highest BCUT2D eigenvalue weighted by atomic mass is 35.5. The van der Waals surface area contributed by atoms with Crippen molar-refractivity contribution >= 4 is 23.5 Å². The van der Waals surface area contributed by atoms with E-state index >= 15 is 0 Å². The van der Waals surface area contributed by atoms with Crippen molar-refractivity contribution in [1.82, 2.24) is 20.4 Å². The first-order valence-electron chi connectivity index (χ1n) is 9.44. The van der Waals surface area contributed by atoms with E-state index in [1.54, 1.807) is 26.0 Å². The largest absolute Gasteiger partial charge is 0.481 e. The van der Waals surface area contributed by atoms with Crippen LogP contribution in [0, 0.1) is 5.41 Å². The van der Waals surface area contributed by atoms with Crippen LogP contribution in [0.5, 0.6) is 0 Å². The van der Waals surface area contributed by atoms with Gasteiger partial charge in [0.05, 0.1) is 12.5 Å². The van der Waals surface area contributed by atoms with Crippen molar-refractivity contribution in [3.05, 3.63) is 35.2 Å². The van der Waals surface area contributed by atoms with Gasteiger partial charge in [0.25, 0.3) is 0 Å². The molecule has 2 aromatic rings. The number of aromatic nitrogens is 2. The summed E-state index contributed by atoms with van der Waals surface area (Å²) in [5.41, 5.74) is 0.218. The summed E-state index contributed by atoms with van der Waals surface area (Å²) < 4.78 is 5.47. The Labute approximate surface area is 174 Å². The number of carboxylic acids is 1. The maximum atomic E-state index is 12.4. The summed E-state index contributed by atoms with van der Waals surface area (Å²) >= 11 is 5.91. The molecule has 3 rings (SSSR count). The van der Waals surface area contributed by atoms with E-state index in [1.807, 2.05) is 19.2 Å². The predicted molar refractivity (Wildman–Crippen MR) is 107 cm³/mol. The number of benzene rings is 1. The molecule has 0 spiro atoms. The number of nitrogens with zero attached hydrogens (tertiary/aromatic N) is 3. The van der Waals surface area contributed by atoms with E-state index in [2.05, 4.69) is 20.4 Å². The lowest BCUT2D eigenvalue weighted by Gasteiger charge is -2.22. The van der Waals surface area contributed by atoms with Gasteiger partial charge in [0.1, 0.15) is 0 Å². The highest BCUT2D eigenvalue weighted by Crippen LogP contribution is 2.32. The van der Waals surface area contributed by atoms with E-state index in [0.717, 1.165) is 5.56 Å². The maximum absolute atomic E-state index is 12.4. The zero-order valence-electron chi connectivity index (χ0n) is 16.7. The Kier molecular flexibility index (Phi) is 6.24. The molecule has 1 aliphatic heterocycles. The van der Waals surface area contributed by atoms with Crippen molar-refractivity contribution in [2.45, 2.75) is 45.2 Å². The van der Waals surface area contributed by atoms with Gasteiger partial charge in [-0.25, -0.2) is 0 Å². The van der Waals surface area contributed by atoms with E-state index in [0.29, 0.717) is 29.7 Å². The van der Waals surface area contributed by atoms with Gasteiger partial charge < -0.3 is 14.9 Å². The first-order chi connectivity index (χ1) is 13.6. The standard InChI is InChI=1S/C20H25ClN4O4/c1-20(2,10-17(27)28)9-16(26)22-14-8-15(25(3)11-14)19-23-18(24-29-19)12-4-6-13(21)7-5-12/h4-7,14-15H,8-11H2,1-3H3,(H,22,26)(H,27,28). The summed E-state index contributed by atoms with van der Waals surface area (Å²) in [6.07, 6.45) is 0.748. The molecule has 1 aromatic heterocycles. The summed E-state index contributed by atoms with van der Waals surface area (Å²) in [6, 6.07) is 7.04. The zero-order valence-corrected chi connectivity index (χ0v) is 17.4. The molecule has 29 heavy (non-hydrogen) atoms. The molecule has 0 aliphatic carbocycles. The number of likely N-dealkylation sites (N-methyl/N-ethyl adjacent to an activating group) is 1. The topological polar surface area (TPSA) is 109 Å². The van der Waals surface area contributed by atoms with Crippen LogP contribution in [-0.2, 0) is 9.59 Å². The molecule has 2 heterocycles. The van der Waals surface area contributed by atoms with E-state index < -0.39 is 11.4 Å². The number of rotatable bonds is 7. The van der Waals surface area contributed by atoms with Crippen molar-refractivity contribution < 1.29 is 19.2 Å². The number of hydrogen-bond acceptors (Lipinski definition) is 6. The van der Waals surface area contributed by atoms with Crippen LogP contribution in [0.2, 0.25) is 5.02 Å². The van der Waals surface area contributed by atoms with E-state index in [4.69, 9.17) is 21.2 Å². The zero-order chi connectivity index (χ0) is 21.2. The van der Waals surface area contributed by atoms with E-state index in [1.165, 1.54) is 0 Å². The smallest absolute Gasteiger partial charge is 0.303 e. The second-order valence-electron chi connectivity index (χ2n) is 8.33. The number of carboxylic acid groups (broad SMARTS) is 1. The highest BCUT2D eigenvalue weighted by Gasteiger charge is 2.36. The van der Waals surface area contributed by atoms with Gasteiger partial charge in [-0.3, -0.25) is 14.5 Å². The third-order valence-corrected chi connectivity index (χ3v) is 5.26. The second-order valence-corrected chi connectivity index (χ2v) is 8.77. The summed E-state index contributed by atoms with van der Waals surface area (Å²) in [4.78, 5) is 29.9. The van der Waals surface area contributed by atoms with Crippen LogP contribution in [0.25, 0.3) is 11.4 Å². The minimum atomic E-state index is -0.906. The molecule has 0 saturated carbocycles. The van der Waals surface area contributed by atoms with Crippen LogP contribution < -0.4 is 5.32 Å². The molecule has 0 bridgehead atoms. The van der Waals surface area contributed by atoms with Crippen LogP contribution >= 0.6 is 11.6 Å². The van der Waals surface area contributed by atoms with Crippen molar-refractivity contribution in [2.24, 2.45) is 5.41 Å². The Bertz CT molecular complexity index is 881. The number of amides is 1. The fourth-order valence-corrected chi connectivity index (χ4v) is 3.79. The molecule has 0 radical (unpaired) electrons. The van der Waals surface area contributed by atoms with Gasteiger partial charge in [-0.05, 0) is 43.1 Å². The van der Waals surface area contributed by atoms with Crippen molar-refractivity contribution in [1.29, 1.82) is 0 Å². The second kappa shape index (κ2) is 8.51. The first kappa shape index (κ1) is 21.3. The molecular formula is C20H25ClN4O4. The lowest BCUT2D eigenvalue weighted by atomic mass is 9.85. The number of aliphatic carboxylic acids is 1. The Hall–Kier alpha value is -2.45. The van der Waals surface area contributed by atoms with Crippen LogP contribution in [0.4, 0.5) is 0 Å². The Morgan fingerprint density at radius 1 is 1.31 bits per heavy atom. The van der Waals surface area contributed by atoms with Crippen molar-refractivity contribution in [2.75, 3.05) is 13.6 Å². The minimum Gasteiger partial charge on any atom is -0.481 e. The van der Waals surface area contributed by atoms with Gasteiger partial charge in [-0.15, -0.1) is 0 Å². The third-order valence-electron chi connectivity index (χ3n) is 5.01. The first-order valence-corrected chi connectivity index (χ1v) is 9.82. The number of hydrogen-bond donors (Lipinski definition) is 2. The number of likely N-dealkylation sites (tertiary alicyclic amines) is 1. The molecule has 1 aromatic carbocycles. The number of carbonyl (C=O) groups is 2. The molecular weight excluding hydrogens is 396 g/mol. The molecule has 156 valence electrons. The van der Waals surface area contributed by atoms with Gasteiger partial charge in [0.2, 0.25) is 17.6 Å². The van der Waals surface area contributed by atoms with Crippen molar-refractivity contribution in [3.8, 4) is 11.4 Å². The quantitative estimate of drug-likeness (QED) is 0.708. The molecule has 1 aliphatic rings. The monoisotopic (exact) mass is 420 g/mol. The SMILES string of the molecule is CN1CC(NC(=O)CC(C)(C)CC(=O)O)CC1c1nc(-c2ccc(Cl)cc2)no1. The van der Waals surface area contributed by atoms with Gasteiger partial charge >= 0.3 is 5.97 Å². The molecule has 9 heteroatoms. The number of halogens is 1. The fourth-order valence-electron chi connectivity index (χ4n) is 3.66. The normalized spacial score (nSPS) is 20.0. The Balaban J connectivity index is 1.60. The minimum absolute atomic E-state index is 0.0525. The summed E-state index contributed by atoms with van der Waals surface area (Å²) in [5.74, 6) is -0.0626. The fraction of sp³-hybridized carbons (Fsp3) is 0.500. The van der Waals surface area contributed by atoms with Crippen LogP contribution in [-0.4, -0.2) is 51.7 Å². The highest BCUT2D eigenvalue weighted by molar-refractivity contribution is 6.30. The van der Waals surface area contributed by atoms with Gasteiger partial charge in [0.15, 0.2) is 0 Å². The lowest BCUT2D eigenvalue weighted by molar-refractivity contribution is -0.139. The van der Waals surface area contributed by atoms with E-state index in [-0.39, 0.29) is 30.8 Å². The van der Waals surface area contributed by atoms with Gasteiger partial charge in [-0.2, -0.15) is 4.98 Å². The molecule has 2 unspecified atom stereocenters. The van der Waals surface area contributed by atoms with Gasteiger partial charge in [0, 0.05) is 29.6 Å². The Morgan fingerprint density at radius 2 is 2.00 bits per heavy atom. The van der Waals surface area contributed by atoms with Crippen molar-refractivity contribution in [3.63, 3.8) is 0 Å². The van der Waals surface area contributed by atoms with Crippen LogP contribution in [0.3, 0.4) is 0 Å². The summed E-state index contributed by atoms with van der Waals surface area (Å²) in [5, 5.41) is 16.7. The molecule has 1 fully saturated rings. The number of carbonyl (C=O) groups excluding carboxylic acids is 1. The summed E-state index contributed by atoms with van der Waals surface area (Å²) in [6.45, 7) is 4.20. The summed E-state index contributed by atoms with van der Waals surface area (Å²) in [7, 11) is 1.94. The Morgan fingerprint density at radius 3 is 2.66 bits per heavy atom. The average Bonchev–Trinajstić information content (AvgIpc) is 3.20. The molecule has 1 saturated heterocycles. The maximum Gasteiger partial charge on any atom is 0.303 e. The predicted octanol–water partition coefficient (Wildman–Crippen LogP) is 3.14.